The molecule has 132 valence electrons. The molecule has 0 bridgehead atoms. The Morgan fingerprint density at radius 1 is 1.00 bits per heavy atom. The fraction of sp³-hybridized carbons (Fsp3) is 0.263. The van der Waals surface area contributed by atoms with E-state index in [1.54, 1.807) is 24.3 Å². The molecule has 2 aromatic rings. The molecule has 0 heterocycles. The third-order valence-corrected chi connectivity index (χ3v) is 3.62. The molecule has 0 aliphatic carbocycles. The molecule has 2 aromatic carbocycles. The number of benzene rings is 2. The molecule has 0 radical (unpaired) electrons. The van der Waals surface area contributed by atoms with E-state index in [4.69, 9.17) is 4.74 Å². The number of hydrogen-bond donors (Lipinski definition) is 2. The smallest absolute Gasteiger partial charge is 0.337 e. The summed E-state index contributed by atoms with van der Waals surface area (Å²) < 4.78 is 10.2. The van der Waals surface area contributed by atoms with Gasteiger partial charge in [-0.25, -0.2) is 9.59 Å². The molecule has 0 fully saturated rings. The summed E-state index contributed by atoms with van der Waals surface area (Å²) in [6, 6.07) is 12.4. The maximum Gasteiger partial charge on any atom is 0.337 e. The number of ether oxygens (including phenoxy) is 2. The molecule has 25 heavy (non-hydrogen) atoms. The van der Waals surface area contributed by atoms with Gasteiger partial charge in [-0.2, -0.15) is 0 Å². The molecule has 0 aliphatic heterocycles. The molecule has 2 rings (SSSR count). The molecule has 2 amide bonds. The fourth-order valence-electron chi connectivity index (χ4n) is 2.26. The van der Waals surface area contributed by atoms with Gasteiger partial charge >= 0.3 is 12.0 Å². The number of urea groups is 1. The topological polar surface area (TPSA) is 76.7 Å². The summed E-state index contributed by atoms with van der Waals surface area (Å²) in [6.45, 7) is 4.40. The van der Waals surface area contributed by atoms with Crippen LogP contribution in [0, 0.1) is 13.8 Å². The number of methoxy groups -OCH3 is 1. The highest BCUT2D eigenvalue weighted by molar-refractivity contribution is 5.89. The quantitative estimate of drug-likeness (QED) is 0.625. The zero-order valence-corrected chi connectivity index (χ0v) is 14.6. The SMILES string of the molecule is COC(=O)c1ccc(CNC(=O)NCOc2ccc(C)cc2C)cc1. The summed E-state index contributed by atoms with van der Waals surface area (Å²) in [6.07, 6.45) is 0. The van der Waals surface area contributed by atoms with Gasteiger partial charge in [0.05, 0.1) is 12.7 Å². The second-order valence-electron chi connectivity index (χ2n) is 5.61. The van der Waals surface area contributed by atoms with Gasteiger partial charge in [-0.3, -0.25) is 0 Å². The van der Waals surface area contributed by atoms with Gasteiger partial charge in [-0.15, -0.1) is 0 Å². The number of amides is 2. The number of nitrogens with one attached hydrogen (secondary N) is 2. The monoisotopic (exact) mass is 342 g/mol. The van der Waals surface area contributed by atoms with E-state index in [0.29, 0.717) is 12.1 Å². The lowest BCUT2D eigenvalue weighted by atomic mass is 10.1. The molecular weight excluding hydrogens is 320 g/mol. The third-order valence-electron chi connectivity index (χ3n) is 3.62. The average Bonchev–Trinajstić information content (AvgIpc) is 2.61. The highest BCUT2D eigenvalue weighted by Crippen LogP contribution is 2.18. The van der Waals surface area contributed by atoms with Crippen molar-refractivity contribution < 1.29 is 19.1 Å². The summed E-state index contributed by atoms with van der Waals surface area (Å²) in [5.74, 6) is 0.352. The first-order valence-corrected chi connectivity index (χ1v) is 7.88. The number of aryl methyl sites for hydroxylation is 2. The standard InChI is InChI=1S/C19H22N2O4/c1-13-4-9-17(14(2)10-13)25-12-21-19(23)20-11-15-5-7-16(8-6-15)18(22)24-3/h4-10H,11-12H2,1-3H3,(H2,20,21,23). The molecule has 0 atom stereocenters. The van der Waals surface area contributed by atoms with Gasteiger partial charge in [0.2, 0.25) is 0 Å². The van der Waals surface area contributed by atoms with Crippen LogP contribution in [-0.4, -0.2) is 25.8 Å². The summed E-state index contributed by atoms with van der Waals surface area (Å²) in [5, 5.41) is 5.36. The van der Waals surface area contributed by atoms with Crippen LogP contribution in [0.2, 0.25) is 0 Å². The van der Waals surface area contributed by atoms with Gasteiger partial charge < -0.3 is 20.1 Å². The summed E-state index contributed by atoms with van der Waals surface area (Å²) >= 11 is 0. The molecule has 0 aromatic heterocycles. The molecule has 0 spiro atoms. The number of esters is 1. The van der Waals surface area contributed by atoms with E-state index in [-0.39, 0.29) is 18.7 Å². The molecule has 0 unspecified atom stereocenters. The minimum Gasteiger partial charge on any atom is -0.473 e. The van der Waals surface area contributed by atoms with Crippen LogP contribution in [0.25, 0.3) is 0 Å². The van der Waals surface area contributed by atoms with Crippen molar-refractivity contribution in [1.29, 1.82) is 0 Å². The summed E-state index contributed by atoms with van der Waals surface area (Å²) in [7, 11) is 1.34. The first kappa shape index (κ1) is 18.3. The fourth-order valence-corrected chi connectivity index (χ4v) is 2.26. The second-order valence-corrected chi connectivity index (χ2v) is 5.61. The van der Waals surface area contributed by atoms with Gasteiger partial charge in [-0.1, -0.05) is 29.8 Å². The Morgan fingerprint density at radius 2 is 1.72 bits per heavy atom. The Labute approximate surface area is 147 Å². The highest BCUT2D eigenvalue weighted by atomic mass is 16.5. The number of carbonyl (C=O) groups is 2. The van der Waals surface area contributed by atoms with Crippen molar-refractivity contribution in [2.24, 2.45) is 0 Å². The van der Waals surface area contributed by atoms with Crippen molar-refractivity contribution in [3.05, 3.63) is 64.7 Å². The van der Waals surface area contributed by atoms with Crippen molar-refractivity contribution in [3.63, 3.8) is 0 Å². The van der Waals surface area contributed by atoms with Crippen molar-refractivity contribution in [2.45, 2.75) is 20.4 Å². The van der Waals surface area contributed by atoms with Crippen LogP contribution in [-0.2, 0) is 11.3 Å². The van der Waals surface area contributed by atoms with Crippen molar-refractivity contribution >= 4 is 12.0 Å². The Bertz CT molecular complexity index is 742. The van der Waals surface area contributed by atoms with Crippen LogP contribution in [0.3, 0.4) is 0 Å². The van der Waals surface area contributed by atoms with Crippen LogP contribution in [0.1, 0.15) is 27.0 Å². The van der Waals surface area contributed by atoms with Crippen LogP contribution in [0.4, 0.5) is 4.79 Å². The highest BCUT2D eigenvalue weighted by Gasteiger charge is 2.05. The van der Waals surface area contributed by atoms with Crippen molar-refractivity contribution in [1.82, 2.24) is 10.6 Å². The predicted molar refractivity (Wildman–Crippen MR) is 94.6 cm³/mol. The minimum atomic E-state index is -0.388. The average molecular weight is 342 g/mol. The van der Waals surface area contributed by atoms with Crippen molar-refractivity contribution in [2.75, 3.05) is 13.8 Å². The van der Waals surface area contributed by atoms with Crippen LogP contribution >= 0.6 is 0 Å². The maximum absolute atomic E-state index is 11.8. The Hall–Kier alpha value is -3.02. The lowest BCUT2D eigenvalue weighted by Crippen LogP contribution is -2.37. The molecule has 0 saturated heterocycles. The van der Waals surface area contributed by atoms with Gasteiger partial charge in [0.25, 0.3) is 0 Å². The van der Waals surface area contributed by atoms with E-state index >= 15 is 0 Å². The van der Waals surface area contributed by atoms with Gasteiger partial charge in [0, 0.05) is 6.54 Å². The normalized spacial score (nSPS) is 10.0. The van der Waals surface area contributed by atoms with Gasteiger partial charge in [0.15, 0.2) is 6.73 Å². The lowest BCUT2D eigenvalue weighted by Gasteiger charge is -2.11. The van der Waals surface area contributed by atoms with E-state index in [0.717, 1.165) is 22.4 Å². The van der Waals surface area contributed by atoms with Gasteiger partial charge in [-0.05, 0) is 43.2 Å². The third kappa shape index (κ3) is 5.53. The largest absolute Gasteiger partial charge is 0.473 e. The van der Waals surface area contributed by atoms with Crippen molar-refractivity contribution in [3.8, 4) is 5.75 Å². The molecular formula is C19H22N2O4. The van der Waals surface area contributed by atoms with E-state index in [1.807, 2.05) is 32.0 Å². The van der Waals surface area contributed by atoms with Crippen LogP contribution in [0.15, 0.2) is 42.5 Å². The zero-order chi connectivity index (χ0) is 18.2. The molecule has 6 heteroatoms. The Morgan fingerprint density at radius 3 is 2.36 bits per heavy atom. The summed E-state index contributed by atoms with van der Waals surface area (Å²) in [5.41, 5.74) is 3.53. The van der Waals surface area contributed by atoms with E-state index in [1.165, 1.54) is 7.11 Å². The zero-order valence-electron chi connectivity index (χ0n) is 14.6. The number of rotatable bonds is 6. The number of hydrogen-bond acceptors (Lipinski definition) is 4. The second kappa shape index (κ2) is 8.73. The molecule has 6 nitrogen and oxygen atoms in total. The molecule has 0 saturated carbocycles. The summed E-state index contributed by atoms with van der Waals surface area (Å²) in [4.78, 5) is 23.1. The predicted octanol–water partition coefficient (Wildman–Crippen LogP) is 2.93. The lowest BCUT2D eigenvalue weighted by molar-refractivity contribution is 0.0600. The van der Waals surface area contributed by atoms with Crippen LogP contribution in [0.5, 0.6) is 5.75 Å². The molecule has 0 aliphatic rings. The Kier molecular flexibility index (Phi) is 6.39. The maximum atomic E-state index is 11.8. The number of carbonyl (C=O) groups excluding carboxylic acids is 2. The Balaban J connectivity index is 1.74. The first-order valence-electron chi connectivity index (χ1n) is 7.88. The first-order chi connectivity index (χ1) is 12.0. The minimum absolute atomic E-state index is 0.0804. The molecule has 2 N–H and O–H groups in total. The van der Waals surface area contributed by atoms with E-state index in [9.17, 15) is 9.59 Å². The van der Waals surface area contributed by atoms with E-state index in [2.05, 4.69) is 15.4 Å². The van der Waals surface area contributed by atoms with E-state index < -0.39 is 0 Å². The van der Waals surface area contributed by atoms with Gasteiger partial charge in [0.1, 0.15) is 5.75 Å². The van der Waals surface area contributed by atoms with Crippen LogP contribution < -0.4 is 15.4 Å².